The molecule has 2 N–H and O–H groups in total. The van der Waals surface area contributed by atoms with Gasteiger partial charge in [-0.1, -0.05) is 13.8 Å². The van der Waals surface area contributed by atoms with Crippen molar-refractivity contribution >= 4 is 5.82 Å². The molecule has 3 heterocycles. The van der Waals surface area contributed by atoms with Gasteiger partial charge in [-0.15, -0.1) is 0 Å². The highest BCUT2D eigenvalue weighted by Crippen LogP contribution is 2.38. The van der Waals surface area contributed by atoms with Crippen LogP contribution in [0.4, 0.5) is 10.2 Å². The summed E-state index contributed by atoms with van der Waals surface area (Å²) in [6.45, 7) is 6.81. The lowest BCUT2D eigenvalue weighted by Crippen LogP contribution is -2.34. The van der Waals surface area contributed by atoms with Crippen molar-refractivity contribution in [1.82, 2.24) is 15.2 Å². The monoisotopic (exact) mass is 360 g/mol. The molecular formula is C19H25FN4O2. The Bertz CT molecular complexity index is 784. The fraction of sp³-hybridized carbons (Fsp3) is 0.579. The number of hydrogen-bond donors (Lipinski definition) is 2. The van der Waals surface area contributed by atoms with Crippen LogP contribution in [0, 0.1) is 11.4 Å². The Balaban J connectivity index is 1.54. The molecule has 2 aromatic heterocycles. The largest absolute Gasteiger partial charge is 0.376 e. The molecule has 1 aliphatic carbocycles. The predicted molar refractivity (Wildman–Crippen MR) is 96.6 cm³/mol. The average molecular weight is 360 g/mol. The second-order valence-electron chi connectivity index (χ2n) is 7.88. The molecule has 0 aromatic carbocycles. The third-order valence-electron chi connectivity index (χ3n) is 5.12. The fourth-order valence-electron chi connectivity index (χ4n) is 3.68. The molecule has 1 fully saturated rings. The van der Waals surface area contributed by atoms with Crippen molar-refractivity contribution < 1.29 is 13.9 Å². The van der Waals surface area contributed by atoms with E-state index in [1.54, 1.807) is 0 Å². The molecule has 1 atom stereocenters. The lowest BCUT2D eigenvalue weighted by Gasteiger charge is -2.29. The van der Waals surface area contributed by atoms with Crippen LogP contribution in [0.25, 0.3) is 11.3 Å². The molecule has 2 aliphatic rings. The van der Waals surface area contributed by atoms with Gasteiger partial charge in [0.1, 0.15) is 5.82 Å². The van der Waals surface area contributed by atoms with Gasteiger partial charge in [0.05, 0.1) is 31.6 Å². The van der Waals surface area contributed by atoms with Crippen LogP contribution in [0.1, 0.15) is 31.5 Å². The number of aromatic nitrogens is 3. The highest BCUT2D eigenvalue weighted by Gasteiger charge is 2.29. The Morgan fingerprint density at radius 1 is 1.35 bits per heavy atom. The molecule has 0 radical (unpaired) electrons. The zero-order chi connectivity index (χ0) is 18.1. The molecule has 0 saturated carbocycles. The molecule has 7 heteroatoms. The van der Waals surface area contributed by atoms with Crippen molar-refractivity contribution in [2.75, 3.05) is 31.7 Å². The van der Waals surface area contributed by atoms with E-state index in [0.717, 1.165) is 36.2 Å². The lowest BCUT2D eigenvalue weighted by molar-refractivity contribution is -0.0819. The number of anilines is 1. The minimum Gasteiger partial charge on any atom is -0.376 e. The molecule has 26 heavy (non-hydrogen) atoms. The Hall–Kier alpha value is -1.99. The van der Waals surface area contributed by atoms with E-state index in [1.165, 1.54) is 11.6 Å². The number of ether oxygens (including phenoxy) is 2. The van der Waals surface area contributed by atoms with Gasteiger partial charge < -0.3 is 14.8 Å². The van der Waals surface area contributed by atoms with Gasteiger partial charge >= 0.3 is 0 Å². The van der Waals surface area contributed by atoms with Crippen LogP contribution >= 0.6 is 0 Å². The third-order valence-corrected chi connectivity index (χ3v) is 5.12. The summed E-state index contributed by atoms with van der Waals surface area (Å²) in [5.74, 6) is -0.0271. The highest BCUT2D eigenvalue weighted by molar-refractivity contribution is 5.67. The van der Waals surface area contributed by atoms with E-state index in [1.807, 2.05) is 6.07 Å². The van der Waals surface area contributed by atoms with Gasteiger partial charge in [0.15, 0.2) is 0 Å². The molecule has 1 saturated heterocycles. The number of H-pyrrole nitrogens is 1. The van der Waals surface area contributed by atoms with Crippen LogP contribution in [-0.2, 0) is 22.3 Å². The van der Waals surface area contributed by atoms with Gasteiger partial charge in [-0.25, -0.2) is 4.98 Å². The van der Waals surface area contributed by atoms with Crippen molar-refractivity contribution in [2.45, 2.75) is 39.2 Å². The van der Waals surface area contributed by atoms with Gasteiger partial charge in [-0.2, -0.15) is 9.49 Å². The minimum atomic E-state index is -0.515. The molecule has 140 valence electrons. The van der Waals surface area contributed by atoms with Crippen molar-refractivity contribution in [1.29, 1.82) is 0 Å². The maximum atomic E-state index is 14.1. The number of rotatable bonds is 4. The SMILES string of the molecule is CC1(C)CCc2c(-c3cc(F)nc(NCC4COCCO4)c3)n[nH]c2C1. The quantitative estimate of drug-likeness (QED) is 0.820. The standard InChI is InChI=1S/C19H25FN4O2/c1-19(2)4-3-14-15(9-19)23-24-18(14)12-7-16(20)22-17(8-12)21-10-13-11-25-5-6-26-13/h7-8,13H,3-6,9-11H2,1-2H3,(H,21,22)(H,23,24). The van der Waals surface area contributed by atoms with Crippen molar-refractivity contribution in [2.24, 2.45) is 5.41 Å². The normalized spacial score (nSPS) is 22.0. The summed E-state index contributed by atoms with van der Waals surface area (Å²) in [6.07, 6.45) is 2.98. The molecule has 1 aliphatic heterocycles. The number of aromatic amines is 1. The van der Waals surface area contributed by atoms with Gasteiger partial charge in [-0.3, -0.25) is 5.10 Å². The maximum absolute atomic E-state index is 14.1. The summed E-state index contributed by atoms with van der Waals surface area (Å²) in [4.78, 5) is 3.95. The first kappa shape index (κ1) is 17.4. The summed E-state index contributed by atoms with van der Waals surface area (Å²) < 4.78 is 25.1. The van der Waals surface area contributed by atoms with Crippen molar-refractivity contribution in [3.05, 3.63) is 29.3 Å². The second kappa shape index (κ2) is 6.96. The van der Waals surface area contributed by atoms with Gasteiger partial charge in [0.2, 0.25) is 5.95 Å². The summed E-state index contributed by atoms with van der Waals surface area (Å²) in [5, 5.41) is 10.8. The Morgan fingerprint density at radius 3 is 3.04 bits per heavy atom. The second-order valence-corrected chi connectivity index (χ2v) is 7.88. The first-order valence-corrected chi connectivity index (χ1v) is 9.17. The molecule has 0 amide bonds. The van der Waals surface area contributed by atoms with Crippen LogP contribution in [0.3, 0.4) is 0 Å². The van der Waals surface area contributed by atoms with Gasteiger partial charge in [0, 0.05) is 29.4 Å². The third kappa shape index (κ3) is 3.73. The van der Waals surface area contributed by atoms with Gasteiger partial charge in [0.25, 0.3) is 0 Å². The average Bonchev–Trinajstić information content (AvgIpc) is 3.02. The minimum absolute atomic E-state index is 0.0439. The van der Waals surface area contributed by atoms with Crippen LogP contribution < -0.4 is 5.32 Å². The van der Waals surface area contributed by atoms with E-state index in [9.17, 15) is 4.39 Å². The van der Waals surface area contributed by atoms with Crippen LogP contribution in [0.5, 0.6) is 0 Å². The first-order valence-electron chi connectivity index (χ1n) is 9.17. The first-order chi connectivity index (χ1) is 12.5. The molecule has 0 spiro atoms. The zero-order valence-corrected chi connectivity index (χ0v) is 15.3. The fourth-order valence-corrected chi connectivity index (χ4v) is 3.68. The smallest absolute Gasteiger partial charge is 0.215 e. The van der Waals surface area contributed by atoms with E-state index in [2.05, 4.69) is 34.3 Å². The number of nitrogens with one attached hydrogen (secondary N) is 2. The Morgan fingerprint density at radius 2 is 2.23 bits per heavy atom. The molecule has 1 unspecified atom stereocenters. The number of pyridine rings is 1. The number of fused-ring (bicyclic) bond motifs is 1. The Kier molecular flexibility index (Phi) is 4.67. The summed E-state index contributed by atoms with van der Waals surface area (Å²) in [7, 11) is 0. The maximum Gasteiger partial charge on any atom is 0.215 e. The van der Waals surface area contributed by atoms with Crippen LogP contribution in [0.15, 0.2) is 12.1 Å². The van der Waals surface area contributed by atoms with E-state index in [0.29, 0.717) is 32.2 Å². The van der Waals surface area contributed by atoms with Crippen molar-refractivity contribution in [3.8, 4) is 11.3 Å². The Labute approximate surface area is 152 Å². The van der Waals surface area contributed by atoms with E-state index < -0.39 is 5.95 Å². The zero-order valence-electron chi connectivity index (χ0n) is 15.3. The van der Waals surface area contributed by atoms with Crippen LogP contribution in [-0.4, -0.2) is 47.7 Å². The molecule has 2 aromatic rings. The molecule has 0 bridgehead atoms. The predicted octanol–water partition coefficient (Wildman–Crippen LogP) is 2.95. The summed E-state index contributed by atoms with van der Waals surface area (Å²) in [6, 6.07) is 3.30. The highest BCUT2D eigenvalue weighted by atomic mass is 19.1. The summed E-state index contributed by atoms with van der Waals surface area (Å²) in [5.41, 5.74) is 4.21. The topological polar surface area (TPSA) is 72.1 Å². The number of hydrogen-bond acceptors (Lipinski definition) is 5. The van der Waals surface area contributed by atoms with Crippen LogP contribution in [0.2, 0.25) is 0 Å². The summed E-state index contributed by atoms with van der Waals surface area (Å²) >= 11 is 0. The molecular weight excluding hydrogens is 335 g/mol. The number of halogens is 1. The molecule has 6 nitrogen and oxygen atoms in total. The van der Waals surface area contributed by atoms with E-state index in [-0.39, 0.29) is 11.5 Å². The van der Waals surface area contributed by atoms with Crippen molar-refractivity contribution in [3.63, 3.8) is 0 Å². The van der Waals surface area contributed by atoms with E-state index >= 15 is 0 Å². The molecule has 4 rings (SSSR count). The lowest BCUT2D eigenvalue weighted by atomic mass is 9.76. The van der Waals surface area contributed by atoms with Gasteiger partial charge in [-0.05, 0) is 30.7 Å². The van der Waals surface area contributed by atoms with E-state index in [4.69, 9.17) is 9.47 Å². The number of nitrogens with zero attached hydrogens (tertiary/aromatic N) is 2.